The van der Waals surface area contributed by atoms with Crippen molar-refractivity contribution in [2.24, 2.45) is 0 Å². The highest BCUT2D eigenvalue weighted by Gasteiger charge is 2.24. The molecule has 0 radical (unpaired) electrons. The van der Waals surface area contributed by atoms with Crippen molar-refractivity contribution in [2.75, 3.05) is 13.7 Å². The number of nitrogens with one attached hydrogen (secondary N) is 1. The molecule has 0 aliphatic heterocycles. The lowest BCUT2D eigenvalue weighted by Crippen LogP contribution is -2.28. The molecule has 1 unspecified atom stereocenters. The number of rotatable bonds is 5. The Kier molecular flexibility index (Phi) is 4.67. The van der Waals surface area contributed by atoms with Crippen molar-refractivity contribution in [3.05, 3.63) is 62.0 Å². The summed E-state index contributed by atoms with van der Waals surface area (Å²) >= 11 is 7.07. The Balaban J connectivity index is 1.62. The van der Waals surface area contributed by atoms with Crippen molar-refractivity contribution in [2.45, 2.75) is 18.9 Å². The van der Waals surface area contributed by atoms with Crippen LogP contribution in [0.5, 0.6) is 5.75 Å². The summed E-state index contributed by atoms with van der Waals surface area (Å²) in [6.45, 7) is 1.81. The Morgan fingerprint density at radius 2 is 2.05 bits per heavy atom. The Hall–Kier alpha value is -0.840. The highest BCUT2D eigenvalue weighted by molar-refractivity contribution is 9.11. The Bertz CT molecular complexity index is 657. The zero-order chi connectivity index (χ0) is 14.8. The van der Waals surface area contributed by atoms with Gasteiger partial charge in [0.1, 0.15) is 5.75 Å². The number of halogens is 2. The van der Waals surface area contributed by atoms with Gasteiger partial charge in [0.2, 0.25) is 0 Å². The summed E-state index contributed by atoms with van der Waals surface area (Å²) in [5, 5.41) is 3.55. The molecule has 1 N–H and O–H groups in total. The van der Waals surface area contributed by atoms with Crippen LogP contribution in [0.3, 0.4) is 0 Å². The van der Waals surface area contributed by atoms with E-state index in [0.29, 0.717) is 5.92 Å². The van der Waals surface area contributed by atoms with Crippen LogP contribution < -0.4 is 10.1 Å². The van der Waals surface area contributed by atoms with Crippen molar-refractivity contribution < 1.29 is 4.74 Å². The fourth-order valence-electron chi connectivity index (χ4n) is 2.90. The number of ether oxygens (including phenoxy) is 1. The third kappa shape index (κ3) is 3.17. The van der Waals surface area contributed by atoms with Gasteiger partial charge in [0, 0.05) is 29.0 Å². The number of methoxy groups -OCH3 is 1. The highest BCUT2D eigenvalue weighted by Crippen LogP contribution is 2.35. The second kappa shape index (κ2) is 6.51. The highest BCUT2D eigenvalue weighted by atomic mass is 79.9. The molecule has 1 aliphatic carbocycles. The Labute approximate surface area is 142 Å². The van der Waals surface area contributed by atoms with Crippen LogP contribution in [-0.4, -0.2) is 13.7 Å². The first kappa shape index (κ1) is 15.1. The van der Waals surface area contributed by atoms with Crippen LogP contribution in [0.1, 0.15) is 22.6 Å². The van der Waals surface area contributed by atoms with Crippen molar-refractivity contribution >= 4 is 31.9 Å². The normalized spacial score (nSPS) is 16.2. The van der Waals surface area contributed by atoms with E-state index in [0.717, 1.165) is 33.3 Å². The van der Waals surface area contributed by atoms with E-state index in [1.54, 1.807) is 7.11 Å². The van der Waals surface area contributed by atoms with E-state index >= 15 is 0 Å². The van der Waals surface area contributed by atoms with Crippen LogP contribution in [0, 0.1) is 0 Å². The molecule has 2 aromatic rings. The fourth-order valence-corrected chi connectivity index (χ4v) is 4.38. The molecule has 1 atom stereocenters. The minimum atomic E-state index is 0.641. The van der Waals surface area contributed by atoms with Crippen LogP contribution in [0.15, 0.2) is 45.3 Å². The number of hydrogen-bond donors (Lipinski definition) is 1. The fraction of sp³-hybridized carbons (Fsp3) is 0.294. The maximum absolute atomic E-state index is 5.48. The van der Waals surface area contributed by atoms with Crippen LogP contribution in [0.25, 0.3) is 0 Å². The summed E-state index contributed by atoms with van der Waals surface area (Å²) in [5.74, 6) is 1.54. The maximum Gasteiger partial charge on any atom is 0.137 e. The SMILES string of the molecule is COc1c(Br)cc(Br)cc1CNCC1Cc2ccccc21. The molecule has 2 aromatic carbocycles. The van der Waals surface area contributed by atoms with Crippen molar-refractivity contribution in [1.82, 2.24) is 5.32 Å². The largest absolute Gasteiger partial charge is 0.495 e. The van der Waals surface area contributed by atoms with E-state index in [-0.39, 0.29) is 0 Å². The summed E-state index contributed by atoms with van der Waals surface area (Å²) in [4.78, 5) is 0. The van der Waals surface area contributed by atoms with Gasteiger partial charge in [-0.1, -0.05) is 40.2 Å². The van der Waals surface area contributed by atoms with Gasteiger partial charge in [-0.05, 0) is 45.6 Å². The lowest BCUT2D eigenvalue weighted by Gasteiger charge is -2.30. The average Bonchev–Trinajstić information content (AvgIpc) is 2.43. The average molecular weight is 411 g/mol. The van der Waals surface area contributed by atoms with Gasteiger partial charge < -0.3 is 10.1 Å². The van der Waals surface area contributed by atoms with Gasteiger partial charge in [-0.3, -0.25) is 0 Å². The van der Waals surface area contributed by atoms with Gasteiger partial charge >= 0.3 is 0 Å². The molecule has 0 saturated carbocycles. The molecule has 0 heterocycles. The lowest BCUT2D eigenvalue weighted by molar-refractivity contribution is 0.404. The predicted molar refractivity (Wildman–Crippen MR) is 93.0 cm³/mol. The zero-order valence-electron chi connectivity index (χ0n) is 11.8. The van der Waals surface area contributed by atoms with Gasteiger partial charge in [0.25, 0.3) is 0 Å². The van der Waals surface area contributed by atoms with Crippen LogP contribution in [0.4, 0.5) is 0 Å². The Morgan fingerprint density at radius 3 is 2.81 bits per heavy atom. The third-order valence-corrected chi connectivity index (χ3v) is 5.00. The smallest absolute Gasteiger partial charge is 0.137 e. The van der Waals surface area contributed by atoms with Gasteiger partial charge in [-0.15, -0.1) is 0 Å². The minimum Gasteiger partial charge on any atom is -0.495 e. The van der Waals surface area contributed by atoms with E-state index < -0.39 is 0 Å². The molecular formula is C17H17Br2NO. The Morgan fingerprint density at radius 1 is 1.24 bits per heavy atom. The van der Waals surface area contributed by atoms with Crippen LogP contribution >= 0.6 is 31.9 Å². The third-order valence-electron chi connectivity index (χ3n) is 3.96. The molecule has 0 amide bonds. The summed E-state index contributed by atoms with van der Waals surface area (Å²) in [5.41, 5.74) is 4.14. The molecule has 0 saturated heterocycles. The first-order chi connectivity index (χ1) is 10.2. The van der Waals surface area contributed by atoms with Gasteiger partial charge in [-0.2, -0.15) is 0 Å². The molecule has 1 aliphatic rings. The molecule has 0 bridgehead atoms. The van der Waals surface area contributed by atoms with Gasteiger partial charge in [0.15, 0.2) is 0 Å². The lowest BCUT2D eigenvalue weighted by atomic mass is 9.77. The second-order valence-corrected chi connectivity index (χ2v) is 7.08. The van der Waals surface area contributed by atoms with Crippen LogP contribution in [-0.2, 0) is 13.0 Å². The first-order valence-corrected chi connectivity index (χ1v) is 8.58. The molecule has 110 valence electrons. The molecule has 0 aromatic heterocycles. The second-order valence-electron chi connectivity index (χ2n) is 5.31. The monoisotopic (exact) mass is 409 g/mol. The standard InChI is InChI=1S/C17H17Br2NO/c1-21-17-13(7-14(18)8-16(17)19)10-20-9-12-6-11-4-2-3-5-15(11)12/h2-5,7-8,12,20H,6,9-10H2,1H3. The predicted octanol–water partition coefficient (Wildman–Crippen LogP) is 4.65. The summed E-state index contributed by atoms with van der Waals surface area (Å²) in [6, 6.07) is 12.8. The van der Waals surface area contributed by atoms with E-state index in [4.69, 9.17) is 4.74 Å². The number of fused-ring (bicyclic) bond motifs is 1. The topological polar surface area (TPSA) is 21.3 Å². The van der Waals surface area contributed by atoms with Gasteiger partial charge in [0.05, 0.1) is 11.6 Å². The van der Waals surface area contributed by atoms with Crippen molar-refractivity contribution in [3.63, 3.8) is 0 Å². The van der Waals surface area contributed by atoms with E-state index in [9.17, 15) is 0 Å². The number of hydrogen-bond acceptors (Lipinski definition) is 2. The minimum absolute atomic E-state index is 0.641. The number of benzene rings is 2. The van der Waals surface area contributed by atoms with Crippen LogP contribution in [0.2, 0.25) is 0 Å². The molecule has 0 fully saturated rings. The van der Waals surface area contributed by atoms with E-state index in [1.165, 1.54) is 17.5 Å². The first-order valence-electron chi connectivity index (χ1n) is 6.99. The van der Waals surface area contributed by atoms with E-state index in [2.05, 4.69) is 67.5 Å². The summed E-state index contributed by atoms with van der Waals surface area (Å²) in [6.07, 6.45) is 1.18. The van der Waals surface area contributed by atoms with E-state index in [1.807, 2.05) is 6.07 Å². The molecular weight excluding hydrogens is 394 g/mol. The molecule has 21 heavy (non-hydrogen) atoms. The quantitative estimate of drug-likeness (QED) is 0.774. The molecule has 4 heteroatoms. The summed E-state index contributed by atoms with van der Waals surface area (Å²) < 4.78 is 7.51. The maximum atomic E-state index is 5.48. The van der Waals surface area contributed by atoms with Gasteiger partial charge in [-0.25, -0.2) is 0 Å². The van der Waals surface area contributed by atoms with Crippen molar-refractivity contribution in [1.29, 1.82) is 0 Å². The molecule has 3 rings (SSSR count). The molecule has 2 nitrogen and oxygen atoms in total. The molecule has 0 spiro atoms. The summed E-state index contributed by atoms with van der Waals surface area (Å²) in [7, 11) is 1.71. The van der Waals surface area contributed by atoms with Crippen molar-refractivity contribution in [3.8, 4) is 5.75 Å². The zero-order valence-corrected chi connectivity index (χ0v) is 15.0.